The van der Waals surface area contributed by atoms with Crippen molar-refractivity contribution < 1.29 is 4.39 Å². The average molecular weight is 373 g/mol. The van der Waals surface area contributed by atoms with E-state index in [9.17, 15) is 4.39 Å². The van der Waals surface area contributed by atoms with Crippen LogP contribution < -0.4 is 5.32 Å². The number of rotatable bonds is 3. The Hall–Kier alpha value is -0.870. The lowest BCUT2D eigenvalue weighted by atomic mass is 10.2. The minimum absolute atomic E-state index is 0.238. The lowest BCUT2D eigenvalue weighted by Gasteiger charge is -2.09. The van der Waals surface area contributed by atoms with E-state index >= 15 is 0 Å². The molecule has 0 bridgehead atoms. The van der Waals surface area contributed by atoms with Crippen LogP contribution in [0.3, 0.4) is 0 Å². The summed E-state index contributed by atoms with van der Waals surface area (Å²) in [7, 11) is 0. The van der Waals surface area contributed by atoms with E-state index in [2.05, 4.69) is 43.2 Å². The first-order valence-electron chi connectivity index (χ1n) is 5.50. The molecule has 18 heavy (non-hydrogen) atoms. The second kappa shape index (κ2) is 5.85. The summed E-state index contributed by atoms with van der Waals surface area (Å²) in [5.41, 5.74) is 3.26. The van der Waals surface area contributed by atoms with Crippen LogP contribution in [0.1, 0.15) is 11.1 Å². The molecule has 1 N–H and O–H groups in total. The number of benzene rings is 2. The van der Waals surface area contributed by atoms with Gasteiger partial charge in [0.25, 0.3) is 0 Å². The molecule has 2 aromatic carbocycles. The molecule has 0 saturated carbocycles. The van der Waals surface area contributed by atoms with E-state index in [0.717, 1.165) is 15.7 Å². The van der Waals surface area contributed by atoms with Crippen molar-refractivity contribution in [2.75, 3.05) is 5.32 Å². The number of halogens is 3. The third kappa shape index (κ3) is 3.33. The fourth-order valence-corrected chi connectivity index (χ4v) is 2.28. The smallest absolute Gasteiger partial charge is 0.137 e. The molecule has 0 aliphatic rings. The minimum atomic E-state index is -0.238. The molecule has 0 aromatic heterocycles. The molecule has 0 heterocycles. The number of hydrogen-bond acceptors (Lipinski definition) is 1. The minimum Gasteiger partial charge on any atom is -0.381 e. The van der Waals surface area contributed by atoms with E-state index in [1.54, 1.807) is 12.1 Å². The highest BCUT2D eigenvalue weighted by atomic mass is 79.9. The van der Waals surface area contributed by atoms with Crippen LogP contribution in [0, 0.1) is 12.7 Å². The SMILES string of the molecule is Cc1cc(NCc2ccc(F)c(Br)c2)ccc1Br. The quantitative estimate of drug-likeness (QED) is 0.773. The maximum Gasteiger partial charge on any atom is 0.137 e. The lowest BCUT2D eigenvalue weighted by Crippen LogP contribution is -2.00. The average Bonchev–Trinajstić information content (AvgIpc) is 2.35. The zero-order valence-corrected chi connectivity index (χ0v) is 13.0. The van der Waals surface area contributed by atoms with E-state index in [4.69, 9.17) is 0 Å². The summed E-state index contributed by atoms with van der Waals surface area (Å²) in [6.07, 6.45) is 0. The second-order valence-electron chi connectivity index (χ2n) is 4.07. The number of nitrogens with one attached hydrogen (secondary N) is 1. The van der Waals surface area contributed by atoms with Gasteiger partial charge in [0.1, 0.15) is 5.82 Å². The van der Waals surface area contributed by atoms with Crippen molar-refractivity contribution in [2.45, 2.75) is 13.5 Å². The first kappa shape index (κ1) is 13.6. The molecule has 4 heteroatoms. The van der Waals surface area contributed by atoms with Gasteiger partial charge in [-0.3, -0.25) is 0 Å². The van der Waals surface area contributed by atoms with Gasteiger partial charge < -0.3 is 5.32 Å². The summed E-state index contributed by atoms with van der Waals surface area (Å²) in [4.78, 5) is 0. The fraction of sp³-hybridized carbons (Fsp3) is 0.143. The van der Waals surface area contributed by atoms with Gasteiger partial charge >= 0.3 is 0 Å². The number of aryl methyl sites for hydroxylation is 1. The van der Waals surface area contributed by atoms with E-state index in [1.165, 1.54) is 11.6 Å². The van der Waals surface area contributed by atoms with Gasteiger partial charge in [0.2, 0.25) is 0 Å². The van der Waals surface area contributed by atoms with Crippen LogP contribution in [0.4, 0.5) is 10.1 Å². The lowest BCUT2D eigenvalue weighted by molar-refractivity contribution is 0.620. The van der Waals surface area contributed by atoms with Crippen LogP contribution in [0.15, 0.2) is 45.3 Å². The van der Waals surface area contributed by atoms with Crippen LogP contribution >= 0.6 is 31.9 Å². The molecular formula is C14H12Br2FN. The molecule has 94 valence electrons. The third-order valence-corrected chi connectivity index (χ3v) is 4.14. The van der Waals surface area contributed by atoms with Crippen molar-refractivity contribution in [3.8, 4) is 0 Å². The summed E-state index contributed by atoms with van der Waals surface area (Å²) >= 11 is 6.65. The monoisotopic (exact) mass is 371 g/mol. The fourth-order valence-electron chi connectivity index (χ4n) is 1.61. The highest BCUT2D eigenvalue weighted by Gasteiger charge is 2.01. The number of hydrogen-bond donors (Lipinski definition) is 1. The summed E-state index contributed by atoms with van der Waals surface area (Å²) in [6, 6.07) is 11.1. The van der Waals surface area contributed by atoms with Crippen LogP contribution in [0.2, 0.25) is 0 Å². The zero-order valence-electron chi connectivity index (χ0n) is 9.81. The molecule has 0 aliphatic carbocycles. The van der Waals surface area contributed by atoms with Crippen LogP contribution in [0.5, 0.6) is 0 Å². The molecule has 0 unspecified atom stereocenters. The van der Waals surface area contributed by atoms with Crippen molar-refractivity contribution >= 4 is 37.5 Å². The van der Waals surface area contributed by atoms with E-state index < -0.39 is 0 Å². The Kier molecular flexibility index (Phi) is 4.40. The van der Waals surface area contributed by atoms with Crippen LogP contribution in [-0.4, -0.2) is 0 Å². The molecule has 0 amide bonds. The maximum absolute atomic E-state index is 13.1. The third-order valence-electron chi connectivity index (χ3n) is 2.64. The van der Waals surface area contributed by atoms with Gasteiger partial charge in [-0.25, -0.2) is 4.39 Å². The van der Waals surface area contributed by atoms with Crippen LogP contribution in [-0.2, 0) is 6.54 Å². The standard InChI is InChI=1S/C14H12Br2FN/c1-9-6-11(3-4-12(9)15)18-8-10-2-5-14(17)13(16)7-10/h2-7,18H,8H2,1H3. The molecule has 0 atom stereocenters. The summed E-state index contributed by atoms with van der Waals surface area (Å²) < 4.78 is 14.7. The van der Waals surface area contributed by atoms with Gasteiger partial charge in [0.15, 0.2) is 0 Å². The molecule has 2 rings (SSSR count). The highest BCUT2D eigenvalue weighted by Crippen LogP contribution is 2.21. The van der Waals surface area contributed by atoms with Gasteiger partial charge in [0, 0.05) is 16.7 Å². The van der Waals surface area contributed by atoms with Crippen molar-refractivity contribution in [3.05, 3.63) is 62.3 Å². The highest BCUT2D eigenvalue weighted by molar-refractivity contribution is 9.10. The Morgan fingerprint density at radius 2 is 1.83 bits per heavy atom. The second-order valence-corrected chi connectivity index (χ2v) is 5.77. The van der Waals surface area contributed by atoms with Gasteiger partial charge in [-0.15, -0.1) is 0 Å². The summed E-state index contributed by atoms with van der Waals surface area (Å²) in [5, 5.41) is 3.31. The van der Waals surface area contributed by atoms with E-state index in [1.807, 2.05) is 19.1 Å². The van der Waals surface area contributed by atoms with Crippen LogP contribution in [0.25, 0.3) is 0 Å². The Morgan fingerprint density at radius 1 is 1.06 bits per heavy atom. The van der Waals surface area contributed by atoms with Gasteiger partial charge in [-0.05, 0) is 64.3 Å². The van der Waals surface area contributed by atoms with E-state index in [0.29, 0.717) is 11.0 Å². The molecule has 0 fully saturated rings. The predicted molar refractivity (Wildman–Crippen MR) is 80.3 cm³/mol. The first-order valence-corrected chi connectivity index (χ1v) is 7.09. The largest absolute Gasteiger partial charge is 0.381 e. The topological polar surface area (TPSA) is 12.0 Å². The van der Waals surface area contributed by atoms with Crippen molar-refractivity contribution in [1.29, 1.82) is 0 Å². The Labute approximate surface area is 123 Å². The summed E-state index contributed by atoms with van der Waals surface area (Å²) in [5.74, 6) is -0.238. The Bertz CT molecular complexity index is 518. The maximum atomic E-state index is 13.1. The zero-order chi connectivity index (χ0) is 13.1. The predicted octanol–water partition coefficient (Wildman–Crippen LogP) is 5.27. The molecule has 1 nitrogen and oxygen atoms in total. The molecule has 0 aliphatic heterocycles. The molecular weight excluding hydrogens is 361 g/mol. The normalized spacial score (nSPS) is 10.4. The van der Waals surface area contributed by atoms with Gasteiger partial charge in [-0.1, -0.05) is 22.0 Å². The van der Waals surface area contributed by atoms with Crippen molar-refractivity contribution in [1.82, 2.24) is 0 Å². The summed E-state index contributed by atoms with van der Waals surface area (Å²) in [6.45, 7) is 2.71. The molecule has 0 spiro atoms. The van der Waals surface area contributed by atoms with Crippen molar-refractivity contribution in [2.24, 2.45) is 0 Å². The first-order chi connectivity index (χ1) is 8.56. The number of anilines is 1. The van der Waals surface area contributed by atoms with Crippen molar-refractivity contribution in [3.63, 3.8) is 0 Å². The Morgan fingerprint density at radius 3 is 2.50 bits per heavy atom. The molecule has 2 aromatic rings. The van der Waals surface area contributed by atoms with Gasteiger partial charge in [0.05, 0.1) is 4.47 Å². The molecule has 0 saturated heterocycles. The molecule has 0 radical (unpaired) electrons. The van der Waals surface area contributed by atoms with E-state index in [-0.39, 0.29) is 5.82 Å². The Balaban J connectivity index is 2.06. The van der Waals surface area contributed by atoms with Gasteiger partial charge in [-0.2, -0.15) is 0 Å².